The van der Waals surface area contributed by atoms with Gasteiger partial charge in [0.05, 0.1) is 5.54 Å². The van der Waals surface area contributed by atoms with Crippen LogP contribution in [0.3, 0.4) is 0 Å². The Bertz CT molecular complexity index is 2560. The van der Waals surface area contributed by atoms with Crippen LogP contribution in [0.4, 0.5) is 22.7 Å². The van der Waals surface area contributed by atoms with Gasteiger partial charge in [-0.1, -0.05) is 145 Å². The molecule has 3 aliphatic heterocycles. The summed E-state index contributed by atoms with van der Waals surface area (Å²) >= 11 is 0. The van der Waals surface area contributed by atoms with Gasteiger partial charge in [0.2, 0.25) is 0 Å². The van der Waals surface area contributed by atoms with E-state index in [2.05, 4.69) is 180 Å². The Hall–Kier alpha value is -5.02. The lowest BCUT2D eigenvalue weighted by Gasteiger charge is -2.53. The predicted molar refractivity (Wildman–Crippen MR) is 230 cm³/mol. The molecule has 0 spiro atoms. The number of benzene rings is 6. The van der Waals surface area contributed by atoms with Crippen molar-refractivity contribution in [3.05, 3.63) is 144 Å². The van der Waals surface area contributed by atoms with Crippen molar-refractivity contribution in [2.24, 2.45) is 0 Å². The molecule has 0 bridgehead atoms. The number of fused-ring (bicyclic) bond motifs is 11. The van der Waals surface area contributed by atoms with Crippen LogP contribution in [0.15, 0.2) is 121 Å². The van der Waals surface area contributed by atoms with Crippen molar-refractivity contribution in [3.63, 3.8) is 0 Å². The summed E-state index contributed by atoms with van der Waals surface area (Å²) in [5.41, 5.74) is 22.2. The van der Waals surface area contributed by atoms with Gasteiger partial charge in [0.25, 0.3) is 0 Å². The van der Waals surface area contributed by atoms with Gasteiger partial charge in [0.15, 0.2) is 0 Å². The number of hydrogen-bond acceptors (Lipinski definition) is 2. The third kappa shape index (κ3) is 3.93. The number of anilines is 4. The van der Waals surface area contributed by atoms with Crippen LogP contribution in [0.2, 0.25) is 0 Å². The van der Waals surface area contributed by atoms with Crippen molar-refractivity contribution in [2.45, 2.75) is 95.9 Å². The summed E-state index contributed by atoms with van der Waals surface area (Å²) in [6.07, 6.45) is 4.95. The Morgan fingerprint density at radius 1 is 0.611 bits per heavy atom. The van der Waals surface area contributed by atoms with Crippen molar-refractivity contribution >= 4 is 40.5 Å². The summed E-state index contributed by atoms with van der Waals surface area (Å²) in [4.78, 5) is 5.62. The van der Waals surface area contributed by atoms with Crippen LogP contribution in [0, 0.1) is 0 Å². The molecule has 3 heterocycles. The van der Waals surface area contributed by atoms with Gasteiger partial charge in [0.1, 0.15) is 0 Å². The van der Waals surface area contributed by atoms with Crippen molar-refractivity contribution in [2.75, 3.05) is 9.71 Å². The minimum absolute atomic E-state index is 0.0153. The van der Waals surface area contributed by atoms with E-state index in [1.54, 1.807) is 5.56 Å². The van der Waals surface area contributed by atoms with Gasteiger partial charge in [-0.3, -0.25) is 0 Å². The van der Waals surface area contributed by atoms with Crippen molar-refractivity contribution in [3.8, 4) is 33.4 Å². The van der Waals surface area contributed by atoms with Gasteiger partial charge in [0, 0.05) is 39.1 Å². The van der Waals surface area contributed by atoms with E-state index in [4.69, 9.17) is 0 Å². The highest BCUT2D eigenvalue weighted by molar-refractivity contribution is 6.93. The van der Waals surface area contributed by atoms with Gasteiger partial charge in [-0.2, -0.15) is 0 Å². The van der Waals surface area contributed by atoms with E-state index in [0.29, 0.717) is 0 Å². The molecular weight excluding hydrogens is 651 g/mol. The summed E-state index contributed by atoms with van der Waals surface area (Å²) in [6, 6.07) is 46.8. The molecule has 2 unspecified atom stereocenters. The predicted octanol–water partition coefficient (Wildman–Crippen LogP) is 11.9. The maximum absolute atomic E-state index is 2.89. The van der Waals surface area contributed by atoms with Gasteiger partial charge < -0.3 is 9.71 Å². The zero-order valence-electron chi connectivity index (χ0n) is 32.8. The largest absolute Gasteiger partial charge is 0.376 e. The average Bonchev–Trinajstić information content (AvgIpc) is 3.54. The highest BCUT2D eigenvalue weighted by atomic mass is 15.3. The van der Waals surface area contributed by atoms with Crippen LogP contribution in [0.5, 0.6) is 0 Å². The minimum Gasteiger partial charge on any atom is -0.376 e. The van der Waals surface area contributed by atoms with Crippen LogP contribution in [-0.4, -0.2) is 12.4 Å². The van der Waals surface area contributed by atoms with E-state index in [9.17, 15) is 0 Å². The molecule has 2 atom stereocenters. The number of nitrogens with zero attached hydrogens (tertiary/aromatic N) is 2. The molecule has 0 amide bonds. The van der Waals surface area contributed by atoms with Crippen molar-refractivity contribution < 1.29 is 0 Å². The second-order valence-electron chi connectivity index (χ2n) is 18.8. The van der Waals surface area contributed by atoms with Gasteiger partial charge in [-0.15, -0.1) is 0 Å². The molecule has 11 rings (SSSR count). The fraction of sp³-hybridized carbons (Fsp3) is 0.294. The van der Waals surface area contributed by atoms with Crippen LogP contribution >= 0.6 is 0 Å². The van der Waals surface area contributed by atoms with Gasteiger partial charge in [-0.25, -0.2) is 0 Å². The Kier molecular flexibility index (Phi) is 6.36. The molecular formula is C51H49BN2. The second kappa shape index (κ2) is 10.6. The first-order valence-corrected chi connectivity index (χ1v) is 20.3. The SMILES string of the molecule is CC(C)(C)c1cc2c3c(c1)C1(C)CCCCC1(C)N3c1cc(-c3ccccc3)cc3c1B2N(c1ccccc1)c1ccc2c(c1-3)C(C)(C)c1ccccc1-2. The lowest BCUT2D eigenvalue weighted by atomic mass is 9.42. The molecule has 6 aromatic rings. The fourth-order valence-electron chi connectivity index (χ4n) is 11.8. The first-order valence-electron chi connectivity index (χ1n) is 20.3. The lowest BCUT2D eigenvalue weighted by molar-refractivity contribution is 0.195. The standard InChI is InChI=1S/C51H49BN2/c1-48(2,3)34-30-40-47-41(31-34)52-46-38(28-33(32-18-10-8-11-19-32)29-43(46)53(47)51(7)27-17-16-26-50(40,51)6)44-42(54(52)35-20-12-9-13-21-35)25-24-37-36-22-14-15-23-39(36)49(4,5)45(37)44/h8-15,18-25,28-31H,16-17,26-27H2,1-7H3. The summed E-state index contributed by atoms with van der Waals surface area (Å²) in [7, 11) is 0. The number of rotatable bonds is 2. The van der Waals surface area contributed by atoms with Crippen LogP contribution < -0.4 is 20.6 Å². The third-order valence-electron chi connectivity index (χ3n) is 14.7. The van der Waals surface area contributed by atoms with E-state index in [0.717, 1.165) is 0 Å². The topological polar surface area (TPSA) is 6.48 Å². The monoisotopic (exact) mass is 700 g/mol. The van der Waals surface area contributed by atoms with E-state index in [1.807, 2.05) is 0 Å². The van der Waals surface area contributed by atoms with Crippen LogP contribution in [-0.2, 0) is 16.2 Å². The molecule has 6 aromatic carbocycles. The zero-order valence-corrected chi connectivity index (χ0v) is 32.8. The summed E-state index contributed by atoms with van der Waals surface area (Å²) in [5.74, 6) is 0. The van der Waals surface area contributed by atoms with Crippen LogP contribution in [0.25, 0.3) is 33.4 Å². The maximum atomic E-state index is 2.89. The maximum Gasteiger partial charge on any atom is 0.333 e. The third-order valence-corrected chi connectivity index (χ3v) is 14.7. The molecule has 1 fully saturated rings. The van der Waals surface area contributed by atoms with Crippen molar-refractivity contribution in [1.82, 2.24) is 0 Å². The summed E-state index contributed by atoms with van der Waals surface area (Å²) < 4.78 is 0. The van der Waals surface area contributed by atoms with Crippen LogP contribution in [0.1, 0.15) is 96.4 Å². The Morgan fingerprint density at radius 3 is 2.07 bits per heavy atom. The molecule has 266 valence electrons. The summed E-state index contributed by atoms with van der Waals surface area (Å²) in [6.45, 7) is 17.4. The highest BCUT2D eigenvalue weighted by Gasteiger charge is 2.62. The van der Waals surface area contributed by atoms with E-state index >= 15 is 0 Å². The molecule has 2 nitrogen and oxygen atoms in total. The average molecular weight is 701 g/mol. The van der Waals surface area contributed by atoms with Crippen molar-refractivity contribution in [1.29, 1.82) is 0 Å². The molecule has 0 N–H and O–H groups in total. The Balaban J connectivity index is 1.33. The molecule has 3 heteroatoms. The normalized spacial score (nSPS) is 22.2. The lowest BCUT2D eigenvalue weighted by Crippen LogP contribution is -2.64. The highest BCUT2D eigenvalue weighted by Crippen LogP contribution is 2.64. The quantitative estimate of drug-likeness (QED) is 0.166. The zero-order chi connectivity index (χ0) is 36.9. The number of para-hydroxylation sites is 1. The molecule has 2 aliphatic carbocycles. The summed E-state index contributed by atoms with van der Waals surface area (Å²) in [5, 5.41) is 0. The van der Waals surface area contributed by atoms with E-state index in [1.165, 1.54) is 109 Å². The molecule has 54 heavy (non-hydrogen) atoms. The molecule has 0 saturated heterocycles. The fourth-order valence-corrected chi connectivity index (χ4v) is 11.8. The van der Waals surface area contributed by atoms with Gasteiger partial charge >= 0.3 is 6.85 Å². The Morgan fingerprint density at radius 2 is 1.31 bits per heavy atom. The Labute approximate surface area is 322 Å². The molecule has 0 aromatic heterocycles. The number of hydrogen-bond donors (Lipinski definition) is 0. The minimum atomic E-state index is -0.164. The first-order chi connectivity index (χ1) is 25.9. The first kappa shape index (κ1) is 32.4. The van der Waals surface area contributed by atoms with Gasteiger partial charge in [-0.05, 0) is 117 Å². The second-order valence-corrected chi connectivity index (χ2v) is 18.8. The smallest absolute Gasteiger partial charge is 0.333 e. The van der Waals surface area contributed by atoms with E-state index < -0.39 is 0 Å². The molecule has 1 saturated carbocycles. The van der Waals surface area contributed by atoms with E-state index in [-0.39, 0.29) is 28.6 Å². The molecule has 0 radical (unpaired) electrons. The molecule has 5 aliphatic rings.